The van der Waals surface area contributed by atoms with Crippen LogP contribution in [-0.2, 0) is 9.59 Å². The Labute approximate surface area is 72.3 Å². The van der Waals surface area contributed by atoms with Gasteiger partial charge in [0, 0.05) is 0 Å². The Bertz CT molecular complexity index is 245. The molecule has 2 nitrogen and oxygen atoms in total. The maximum Gasteiger partial charge on any atom is 0.146 e. The Morgan fingerprint density at radius 1 is 0.917 bits per heavy atom. The molecule has 0 N–H and O–H groups in total. The van der Waals surface area contributed by atoms with E-state index < -0.39 is 0 Å². The van der Waals surface area contributed by atoms with E-state index in [1.165, 1.54) is 6.08 Å². The summed E-state index contributed by atoms with van der Waals surface area (Å²) in [5.74, 6) is 0. The van der Waals surface area contributed by atoms with E-state index in [2.05, 4.69) is 0 Å². The Morgan fingerprint density at radius 3 is 2.08 bits per heavy atom. The lowest BCUT2D eigenvalue weighted by Crippen LogP contribution is -1.80. The van der Waals surface area contributed by atoms with Gasteiger partial charge in [0.15, 0.2) is 0 Å². The molecule has 0 aliphatic heterocycles. The van der Waals surface area contributed by atoms with Gasteiger partial charge in [0.2, 0.25) is 0 Å². The molecule has 0 radical (unpaired) electrons. The molecule has 0 aliphatic rings. The van der Waals surface area contributed by atoms with Crippen molar-refractivity contribution in [2.45, 2.75) is 13.8 Å². The van der Waals surface area contributed by atoms with Crippen molar-refractivity contribution in [1.29, 1.82) is 0 Å². The van der Waals surface area contributed by atoms with Crippen molar-refractivity contribution in [3.63, 3.8) is 0 Å². The molecule has 0 aromatic carbocycles. The van der Waals surface area contributed by atoms with Crippen molar-refractivity contribution < 1.29 is 9.59 Å². The molecule has 2 heteroatoms. The number of carbonyl (C=O) groups is 2. The van der Waals surface area contributed by atoms with Crippen LogP contribution in [0.15, 0.2) is 35.5 Å². The van der Waals surface area contributed by atoms with Crippen LogP contribution < -0.4 is 0 Å². The zero-order chi connectivity index (χ0) is 9.40. The topological polar surface area (TPSA) is 34.1 Å². The maximum atomic E-state index is 10.3. The molecule has 0 aromatic rings. The van der Waals surface area contributed by atoms with Gasteiger partial charge >= 0.3 is 0 Å². The number of hydrogen-bond donors (Lipinski definition) is 0. The minimum Gasteiger partial charge on any atom is -0.299 e. The minimum atomic E-state index is 0.700. The summed E-state index contributed by atoms with van der Waals surface area (Å²) in [4.78, 5) is 20.1. The van der Waals surface area contributed by atoms with Gasteiger partial charge in [0.25, 0.3) is 0 Å². The van der Waals surface area contributed by atoms with E-state index in [1.807, 2.05) is 6.92 Å². The molecule has 0 rings (SSSR count). The van der Waals surface area contributed by atoms with Crippen LogP contribution in [0.1, 0.15) is 13.8 Å². The lowest BCUT2D eigenvalue weighted by molar-refractivity contribution is -0.105. The van der Waals surface area contributed by atoms with Gasteiger partial charge in [-0.25, -0.2) is 0 Å². The van der Waals surface area contributed by atoms with Gasteiger partial charge in [-0.3, -0.25) is 9.59 Å². The van der Waals surface area contributed by atoms with E-state index in [0.717, 1.165) is 11.9 Å². The van der Waals surface area contributed by atoms with E-state index in [-0.39, 0.29) is 0 Å². The van der Waals surface area contributed by atoms with Gasteiger partial charge in [0.05, 0.1) is 0 Å². The number of hydrogen-bond acceptors (Lipinski definition) is 2. The van der Waals surface area contributed by atoms with Crippen molar-refractivity contribution >= 4 is 12.6 Å². The molecule has 0 unspecified atom stereocenters. The minimum absolute atomic E-state index is 0.700. The SMILES string of the molecule is C\C(C=O)=C(C)/C=C/C=C/C=O. The zero-order valence-electron chi connectivity index (χ0n) is 7.28. The van der Waals surface area contributed by atoms with E-state index in [4.69, 9.17) is 0 Å². The molecule has 0 atom stereocenters. The third kappa shape index (κ3) is 4.39. The molecule has 0 saturated carbocycles. The highest BCUT2D eigenvalue weighted by molar-refractivity contribution is 5.74. The van der Waals surface area contributed by atoms with Gasteiger partial charge in [-0.2, -0.15) is 0 Å². The van der Waals surface area contributed by atoms with E-state index in [1.54, 1.807) is 25.2 Å². The lowest BCUT2D eigenvalue weighted by atomic mass is 10.1. The summed E-state index contributed by atoms with van der Waals surface area (Å²) in [5.41, 5.74) is 1.60. The van der Waals surface area contributed by atoms with Crippen LogP contribution >= 0.6 is 0 Å². The van der Waals surface area contributed by atoms with Crippen LogP contribution in [0.2, 0.25) is 0 Å². The van der Waals surface area contributed by atoms with Gasteiger partial charge in [-0.15, -0.1) is 0 Å². The first-order valence-corrected chi connectivity index (χ1v) is 3.63. The summed E-state index contributed by atoms with van der Waals surface area (Å²) in [6, 6.07) is 0. The molecule has 64 valence electrons. The Morgan fingerprint density at radius 2 is 1.58 bits per heavy atom. The third-order valence-electron chi connectivity index (χ3n) is 1.45. The van der Waals surface area contributed by atoms with Gasteiger partial charge in [-0.05, 0) is 31.1 Å². The summed E-state index contributed by atoms with van der Waals surface area (Å²) < 4.78 is 0. The second-order valence-corrected chi connectivity index (χ2v) is 2.36. The molecule has 0 aliphatic carbocycles. The fraction of sp³-hybridized carbons (Fsp3) is 0.200. The molecule has 0 heterocycles. The first-order chi connectivity index (χ1) is 5.72. The van der Waals surface area contributed by atoms with Crippen LogP contribution in [0, 0.1) is 0 Å². The zero-order valence-corrected chi connectivity index (χ0v) is 7.28. The fourth-order valence-corrected chi connectivity index (χ4v) is 0.534. The number of carbonyl (C=O) groups excluding carboxylic acids is 2. The molecule has 0 saturated heterocycles. The lowest BCUT2D eigenvalue weighted by Gasteiger charge is -1.91. The standard InChI is InChI=1S/C10H12O2/c1-9(10(2)8-12)6-4-3-5-7-11/h3-8H,1-2H3/b5-3+,6-4+,10-9+. The smallest absolute Gasteiger partial charge is 0.146 e. The first-order valence-electron chi connectivity index (χ1n) is 3.63. The highest BCUT2D eigenvalue weighted by Gasteiger charge is 1.87. The van der Waals surface area contributed by atoms with E-state index in [9.17, 15) is 9.59 Å². The monoisotopic (exact) mass is 164 g/mol. The average Bonchev–Trinajstić information content (AvgIpc) is 2.10. The number of allylic oxidation sites excluding steroid dienone is 6. The summed E-state index contributed by atoms with van der Waals surface area (Å²) in [7, 11) is 0. The van der Waals surface area contributed by atoms with Gasteiger partial charge in [-0.1, -0.05) is 18.2 Å². The Balaban J connectivity index is 4.25. The largest absolute Gasteiger partial charge is 0.299 e. The number of aldehydes is 2. The molecular weight excluding hydrogens is 152 g/mol. The van der Waals surface area contributed by atoms with Crippen molar-refractivity contribution in [1.82, 2.24) is 0 Å². The molecule has 0 aromatic heterocycles. The van der Waals surface area contributed by atoms with Crippen molar-refractivity contribution in [3.05, 3.63) is 35.5 Å². The van der Waals surface area contributed by atoms with Gasteiger partial charge in [0.1, 0.15) is 12.6 Å². The predicted octanol–water partition coefficient (Wildman–Crippen LogP) is 1.83. The van der Waals surface area contributed by atoms with Crippen molar-refractivity contribution in [3.8, 4) is 0 Å². The second kappa shape index (κ2) is 6.28. The summed E-state index contributed by atoms with van der Waals surface area (Å²) in [6.07, 6.45) is 8.02. The molecule has 0 spiro atoms. The van der Waals surface area contributed by atoms with Crippen molar-refractivity contribution in [2.75, 3.05) is 0 Å². The Kier molecular flexibility index (Phi) is 5.53. The van der Waals surface area contributed by atoms with E-state index in [0.29, 0.717) is 11.9 Å². The van der Waals surface area contributed by atoms with Crippen LogP contribution in [0.3, 0.4) is 0 Å². The molecule has 12 heavy (non-hydrogen) atoms. The molecule has 0 bridgehead atoms. The maximum absolute atomic E-state index is 10.3. The molecular formula is C10H12O2. The highest BCUT2D eigenvalue weighted by atomic mass is 16.1. The normalized spacial score (nSPS) is 13.5. The van der Waals surface area contributed by atoms with Crippen molar-refractivity contribution in [2.24, 2.45) is 0 Å². The van der Waals surface area contributed by atoms with Crippen LogP contribution in [0.5, 0.6) is 0 Å². The summed E-state index contributed by atoms with van der Waals surface area (Å²) in [5, 5.41) is 0. The summed E-state index contributed by atoms with van der Waals surface area (Å²) in [6.45, 7) is 3.59. The molecule has 0 fully saturated rings. The summed E-state index contributed by atoms with van der Waals surface area (Å²) >= 11 is 0. The van der Waals surface area contributed by atoms with Crippen LogP contribution in [0.25, 0.3) is 0 Å². The quantitative estimate of drug-likeness (QED) is 0.361. The fourth-order valence-electron chi connectivity index (χ4n) is 0.534. The predicted molar refractivity (Wildman–Crippen MR) is 48.8 cm³/mol. The van der Waals surface area contributed by atoms with Gasteiger partial charge < -0.3 is 0 Å². The first kappa shape index (κ1) is 10.6. The van der Waals surface area contributed by atoms with E-state index >= 15 is 0 Å². The third-order valence-corrected chi connectivity index (χ3v) is 1.45. The van der Waals surface area contributed by atoms with Crippen LogP contribution in [0.4, 0.5) is 0 Å². The molecule has 0 amide bonds. The second-order valence-electron chi connectivity index (χ2n) is 2.36. The average molecular weight is 164 g/mol. The highest BCUT2D eigenvalue weighted by Crippen LogP contribution is 2.01. The number of rotatable bonds is 4. The Hall–Kier alpha value is -1.44. The van der Waals surface area contributed by atoms with Crippen LogP contribution in [-0.4, -0.2) is 12.6 Å².